The molecule has 0 aliphatic carbocycles. The van der Waals surface area contributed by atoms with Crippen molar-refractivity contribution in [2.45, 2.75) is 32.7 Å². The molecule has 0 bridgehead atoms. The number of anilines is 1. The average Bonchev–Trinajstić information content (AvgIpc) is 2.33. The van der Waals surface area contributed by atoms with E-state index in [2.05, 4.69) is 44.6 Å². The zero-order valence-electron chi connectivity index (χ0n) is 10.0. The van der Waals surface area contributed by atoms with E-state index < -0.39 is 0 Å². The van der Waals surface area contributed by atoms with Gasteiger partial charge in [0.1, 0.15) is 4.47 Å². The summed E-state index contributed by atoms with van der Waals surface area (Å²) >= 11 is 9.11. The Hall–Kier alpha value is -0.550. The molecule has 96 valence electrons. The van der Waals surface area contributed by atoms with Gasteiger partial charge in [-0.3, -0.25) is 4.79 Å². The van der Waals surface area contributed by atoms with Gasteiger partial charge >= 0.3 is 0 Å². The smallest absolute Gasteiger partial charge is 0.267 e. The lowest BCUT2D eigenvalue weighted by atomic mass is 10.1. The number of nitrogens with zero attached hydrogens (tertiary/aromatic N) is 2. The lowest BCUT2D eigenvalue weighted by Crippen LogP contribution is -2.38. The van der Waals surface area contributed by atoms with E-state index in [1.165, 1.54) is 6.33 Å². The van der Waals surface area contributed by atoms with Gasteiger partial charge in [-0.05, 0) is 28.8 Å². The Morgan fingerprint density at radius 3 is 2.71 bits per heavy atom. The highest BCUT2D eigenvalue weighted by Crippen LogP contribution is 2.23. The molecule has 6 heteroatoms. The quantitative estimate of drug-likeness (QED) is 0.819. The number of rotatable bonds is 6. The first-order valence-corrected chi connectivity index (χ1v) is 7.04. The Morgan fingerprint density at radius 1 is 1.53 bits per heavy atom. The molecule has 0 fully saturated rings. The van der Waals surface area contributed by atoms with Crippen molar-refractivity contribution in [2.75, 3.05) is 17.3 Å². The highest BCUT2D eigenvalue weighted by molar-refractivity contribution is 9.10. The van der Waals surface area contributed by atoms with Crippen LogP contribution in [-0.2, 0) is 0 Å². The van der Waals surface area contributed by atoms with Crippen molar-refractivity contribution < 1.29 is 0 Å². The van der Waals surface area contributed by atoms with Crippen LogP contribution in [-0.4, -0.2) is 28.4 Å². The normalized spacial score (nSPS) is 10.9. The number of H-pyrrole nitrogens is 1. The van der Waals surface area contributed by atoms with E-state index in [-0.39, 0.29) is 5.56 Å². The van der Waals surface area contributed by atoms with Crippen LogP contribution in [0.1, 0.15) is 26.7 Å². The first kappa shape index (κ1) is 14.5. The number of aromatic nitrogens is 2. The van der Waals surface area contributed by atoms with Crippen LogP contribution in [0.25, 0.3) is 0 Å². The molecule has 1 aromatic rings. The Kier molecular flexibility index (Phi) is 5.98. The second kappa shape index (κ2) is 7.01. The van der Waals surface area contributed by atoms with Crippen molar-refractivity contribution in [3.05, 3.63) is 21.2 Å². The summed E-state index contributed by atoms with van der Waals surface area (Å²) in [7, 11) is 0. The number of aromatic amines is 1. The third-order valence-corrected chi connectivity index (χ3v) is 3.64. The zero-order valence-corrected chi connectivity index (χ0v) is 12.4. The number of halogens is 2. The molecule has 1 N–H and O–H groups in total. The van der Waals surface area contributed by atoms with Gasteiger partial charge in [-0.1, -0.05) is 13.8 Å². The van der Waals surface area contributed by atoms with Gasteiger partial charge in [0, 0.05) is 18.5 Å². The molecule has 17 heavy (non-hydrogen) atoms. The molecule has 0 radical (unpaired) electrons. The summed E-state index contributed by atoms with van der Waals surface area (Å²) in [5.41, 5.74) is -0.166. The van der Waals surface area contributed by atoms with Gasteiger partial charge < -0.3 is 9.88 Å². The highest BCUT2D eigenvalue weighted by Gasteiger charge is 2.19. The van der Waals surface area contributed by atoms with Crippen molar-refractivity contribution >= 4 is 33.3 Å². The molecule has 1 rings (SSSR count). The van der Waals surface area contributed by atoms with Crippen LogP contribution in [0.4, 0.5) is 5.82 Å². The fourth-order valence-corrected chi connectivity index (χ4v) is 2.48. The maximum Gasteiger partial charge on any atom is 0.267 e. The van der Waals surface area contributed by atoms with Crippen LogP contribution in [0.3, 0.4) is 0 Å². The van der Waals surface area contributed by atoms with Crippen molar-refractivity contribution in [1.29, 1.82) is 0 Å². The van der Waals surface area contributed by atoms with Crippen LogP contribution < -0.4 is 10.5 Å². The fraction of sp³-hybridized carbons (Fsp3) is 0.636. The van der Waals surface area contributed by atoms with Crippen LogP contribution >= 0.6 is 27.5 Å². The number of hydrogen-bond donors (Lipinski definition) is 1. The molecule has 1 heterocycles. The van der Waals surface area contributed by atoms with E-state index in [1.54, 1.807) is 0 Å². The van der Waals surface area contributed by atoms with E-state index in [0.717, 1.165) is 12.8 Å². The maximum atomic E-state index is 11.5. The molecule has 0 amide bonds. The summed E-state index contributed by atoms with van der Waals surface area (Å²) in [6.45, 7) is 4.93. The van der Waals surface area contributed by atoms with Gasteiger partial charge in [-0.25, -0.2) is 4.98 Å². The molecule has 0 saturated carbocycles. The van der Waals surface area contributed by atoms with E-state index >= 15 is 0 Å². The summed E-state index contributed by atoms with van der Waals surface area (Å²) < 4.78 is 0.469. The predicted octanol–water partition coefficient (Wildman–Crippen LogP) is 2.77. The van der Waals surface area contributed by atoms with E-state index in [4.69, 9.17) is 11.6 Å². The first-order valence-electron chi connectivity index (χ1n) is 5.71. The summed E-state index contributed by atoms with van der Waals surface area (Å²) in [4.78, 5) is 20.4. The minimum atomic E-state index is -0.166. The standard InChI is InChI=1S/C11H17BrClN3O/c1-3-8(4-2)16(6-5-13)10-9(12)11(17)15-7-14-10/h7-8H,3-6H2,1-2H3,(H,14,15,17). The average molecular weight is 323 g/mol. The molecular weight excluding hydrogens is 305 g/mol. The molecule has 0 atom stereocenters. The zero-order chi connectivity index (χ0) is 12.8. The van der Waals surface area contributed by atoms with Gasteiger partial charge in [0.05, 0.1) is 6.33 Å². The summed E-state index contributed by atoms with van der Waals surface area (Å²) in [6.07, 6.45) is 3.41. The monoisotopic (exact) mass is 321 g/mol. The van der Waals surface area contributed by atoms with E-state index in [0.29, 0.717) is 28.8 Å². The Bertz CT molecular complexity index is 406. The molecule has 0 unspecified atom stereocenters. The lowest BCUT2D eigenvalue weighted by molar-refractivity contribution is 0.561. The van der Waals surface area contributed by atoms with Gasteiger partial charge in [-0.15, -0.1) is 11.6 Å². The van der Waals surface area contributed by atoms with Crippen LogP contribution in [0, 0.1) is 0 Å². The van der Waals surface area contributed by atoms with Crippen molar-refractivity contribution in [2.24, 2.45) is 0 Å². The van der Waals surface area contributed by atoms with E-state index in [1.807, 2.05) is 0 Å². The minimum absolute atomic E-state index is 0.166. The van der Waals surface area contributed by atoms with Crippen molar-refractivity contribution in [1.82, 2.24) is 9.97 Å². The number of nitrogens with one attached hydrogen (secondary N) is 1. The number of hydrogen-bond acceptors (Lipinski definition) is 3. The van der Waals surface area contributed by atoms with Crippen molar-refractivity contribution in [3.8, 4) is 0 Å². The van der Waals surface area contributed by atoms with Crippen molar-refractivity contribution in [3.63, 3.8) is 0 Å². The Morgan fingerprint density at radius 2 is 2.18 bits per heavy atom. The Balaban J connectivity index is 3.13. The predicted molar refractivity (Wildman–Crippen MR) is 75.0 cm³/mol. The maximum absolute atomic E-state index is 11.5. The summed E-state index contributed by atoms with van der Waals surface area (Å²) in [6, 6.07) is 0.347. The van der Waals surface area contributed by atoms with E-state index in [9.17, 15) is 4.79 Å². The van der Waals surface area contributed by atoms with Gasteiger partial charge in [0.2, 0.25) is 0 Å². The van der Waals surface area contributed by atoms with Gasteiger partial charge in [0.15, 0.2) is 5.82 Å². The minimum Gasteiger partial charge on any atom is -0.351 e. The molecule has 0 spiro atoms. The molecule has 0 aliphatic heterocycles. The SMILES string of the molecule is CCC(CC)N(CCCl)c1nc[nH]c(=O)c1Br. The molecule has 0 aromatic carbocycles. The lowest BCUT2D eigenvalue weighted by Gasteiger charge is -2.31. The molecular formula is C11H17BrClN3O. The third-order valence-electron chi connectivity index (χ3n) is 2.76. The highest BCUT2D eigenvalue weighted by atomic mass is 79.9. The van der Waals surface area contributed by atoms with Gasteiger partial charge in [-0.2, -0.15) is 0 Å². The van der Waals surface area contributed by atoms with Crippen LogP contribution in [0.15, 0.2) is 15.6 Å². The summed E-state index contributed by atoms with van der Waals surface area (Å²) in [5.74, 6) is 1.18. The molecule has 4 nitrogen and oxygen atoms in total. The van der Waals surface area contributed by atoms with Crippen LogP contribution in [0.5, 0.6) is 0 Å². The second-order valence-electron chi connectivity index (χ2n) is 3.72. The molecule has 0 saturated heterocycles. The fourth-order valence-electron chi connectivity index (χ4n) is 1.86. The largest absolute Gasteiger partial charge is 0.351 e. The summed E-state index contributed by atoms with van der Waals surface area (Å²) in [5, 5.41) is 0. The Labute approximate surface area is 115 Å². The second-order valence-corrected chi connectivity index (χ2v) is 4.89. The van der Waals surface area contributed by atoms with Crippen LogP contribution in [0.2, 0.25) is 0 Å². The number of alkyl halides is 1. The molecule has 0 aliphatic rings. The molecule has 1 aromatic heterocycles. The third kappa shape index (κ3) is 3.45. The topological polar surface area (TPSA) is 49.0 Å². The first-order chi connectivity index (χ1) is 8.15. The van der Waals surface area contributed by atoms with Gasteiger partial charge in [0.25, 0.3) is 5.56 Å².